The molecule has 0 aliphatic heterocycles. The lowest BCUT2D eigenvalue weighted by Gasteiger charge is -2.25. The molecule has 0 spiro atoms. The van der Waals surface area contributed by atoms with Crippen LogP contribution in [-0.2, 0) is 0 Å². The van der Waals surface area contributed by atoms with Crippen molar-refractivity contribution < 1.29 is 0 Å². The molecule has 0 amide bonds. The second-order valence-electron chi connectivity index (χ2n) is 4.94. The molecule has 1 saturated carbocycles. The minimum atomic E-state index is 0.146. The lowest BCUT2D eigenvalue weighted by Crippen LogP contribution is -2.23. The van der Waals surface area contributed by atoms with E-state index in [9.17, 15) is 0 Å². The maximum Gasteiger partial charge on any atom is 0.111 e. The first-order valence-electron chi connectivity index (χ1n) is 6.45. The molecule has 0 saturated heterocycles. The van der Waals surface area contributed by atoms with E-state index in [1.165, 1.54) is 36.8 Å². The quantitative estimate of drug-likeness (QED) is 0.873. The Hall–Kier alpha value is -0.930. The van der Waals surface area contributed by atoms with Crippen LogP contribution >= 0.6 is 11.3 Å². The van der Waals surface area contributed by atoms with Crippen LogP contribution in [0.5, 0.6) is 0 Å². The fourth-order valence-corrected chi connectivity index (χ4v) is 3.79. The van der Waals surface area contributed by atoms with Crippen molar-refractivity contribution in [3.05, 3.63) is 29.3 Å². The molecule has 2 N–H and O–H groups in total. The number of thiazole rings is 1. The molecule has 1 aliphatic rings. The van der Waals surface area contributed by atoms with Gasteiger partial charge in [-0.25, -0.2) is 4.98 Å². The summed E-state index contributed by atoms with van der Waals surface area (Å²) in [4.78, 5) is 4.68. The van der Waals surface area contributed by atoms with Crippen LogP contribution in [0.2, 0.25) is 0 Å². The molecule has 1 heterocycles. The van der Waals surface area contributed by atoms with Gasteiger partial charge in [-0.2, -0.15) is 0 Å². The summed E-state index contributed by atoms with van der Waals surface area (Å²) in [5.41, 5.74) is 7.48. The van der Waals surface area contributed by atoms with Crippen molar-refractivity contribution in [1.82, 2.24) is 4.98 Å². The van der Waals surface area contributed by atoms with Gasteiger partial charge < -0.3 is 5.73 Å². The first-order chi connectivity index (χ1) is 8.34. The van der Waals surface area contributed by atoms with Gasteiger partial charge in [-0.15, -0.1) is 11.3 Å². The highest BCUT2D eigenvalue weighted by atomic mass is 32.1. The summed E-state index contributed by atoms with van der Waals surface area (Å²) in [7, 11) is 0. The Kier molecular flexibility index (Phi) is 3.12. The molecule has 2 aromatic rings. The highest BCUT2D eigenvalue weighted by Gasteiger charge is 2.24. The van der Waals surface area contributed by atoms with Crippen molar-refractivity contribution in [3.63, 3.8) is 0 Å². The number of para-hydroxylation sites is 1. The van der Waals surface area contributed by atoms with E-state index >= 15 is 0 Å². The number of fused-ring (bicyclic) bond motifs is 1. The maximum atomic E-state index is 6.38. The summed E-state index contributed by atoms with van der Waals surface area (Å²) in [5, 5.41) is 1.12. The fraction of sp³-hybridized carbons (Fsp3) is 0.500. The average Bonchev–Trinajstić information content (AvgIpc) is 2.82. The van der Waals surface area contributed by atoms with Crippen LogP contribution in [0.15, 0.2) is 24.3 Å². The van der Waals surface area contributed by atoms with Crippen LogP contribution in [0.1, 0.15) is 43.2 Å². The minimum Gasteiger partial charge on any atom is -0.322 e. The molecule has 3 heteroatoms. The van der Waals surface area contributed by atoms with Crippen molar-refractivity contribution in [2.45, 2.75) is 38.1 Å². The van der Waals surface area contributed by atoms with E-state index < -0.39 is 0 Å². The maximum absolute atomic E-state index is 6.38. The smallest absolute Gasteiger partial charge is 0.111 e. The molecular formula is C14H18N2S. The molecule has 3 rings (SSSR count). The zero-order valence-electron chi connectivity index (χ0n) is 9.93. The van der Waals surface area contributed by atoms with Gasteiger partial charge in [-0.1, -0.05) is 31.4 Å². The van der Waals surface area contributed by atoms with Crippen LogP contribution in [0.25, 0.3) is 10.2 Å². The van der Waals surface area contributed by atoms with E-state index in [0.29, 0.717) is 5.92 Å². The Morgan fingerprint density at radius 2 is 1.94 bits per heavy atom. The van der Waals surface area contributed by atoms with Crippen LogP contribution < -0.4 is 5.73 Å². The van der Waals surface area contributed by atoms with Crippen LogP contribution in [0.3, 0.4) is 0 Å². The number of nitrogens with two attached hydrogens (primary N) is 1. The van der Waals surface area contributed by atoms with Gasteiger partial charge in [-0.05, 0) is 30.9 Å². The van der Waals surface area contributed by atoms with Crippen LogP contribution in [-0.4, -0.2) is 4.98 Å². The van der Waals surface area contributed by atoms with Crippen molar-refractivity contribution >= 4 is 21.6 Å². The topological polar surface area (TPSA) is 38.9 Å². The molecule has 90 valence electrons. The summed E-state index contributed by atoms with van der Waals surface area (Å²) in [6, 6.07) is 8.45. The Labute approximate surface area is 106 Å². The predicted molar refractivity (Wildman–Crippen MR) is 73.1 cm³/mol. The van der Waals surface area contributed by atoms with Crippen LogP contribution in [0, 0.1) is 5.92 Å². The van der Waals surface area contributed by atoms with Crippen molar-refractivity contribution in [3.8, 4) is 0 Å². The molecule has 0 bridgehead atoms. The zero-order chi connectivity index (χ0) is 11.7. The summed E-state index contributed by atoms with van der Waals surface area (Å²) in [6.45, 7) is 0. The second-order valence-corrected chi connectivity index (χ2v) is 6.01. The Bertz CT molecular complexity index is 467. The highest BCUT2D eigenvalue weighted by Crippen LogP contribution is 2.35. The van der Waals surface area contributed by atoms with Gasteiger partial charge >= 0.3 is 0 Å². The molecule has 1 fully saturated rings. The zero-order valence-corrected chi connectivity index (χ0v) is 10.7. The molecule has 1 aromatic carbocycles. The van der Waals surface area contributed by atoms with Gasteiger partial charge in [0.15, 0.2) is 0 Å². The molecule has 1 atom stereocenters. The molecule has 1 unspecified atom stereocenters. The monoisotopic (exact) mass is 246 g/mol. The highest BCUT2D eigenvalue weighted by molar-refractivity contribution is 7.18. The largest absolute Gasteiger partial charge is 0.322 e. The third-order valence-electron chi connectivity index (χ3n) is 3.75. The number of rotatable bonds is 2. The standard InChI is InChI=1S/C14H18N2S/c15-13(10-6-2-1-3-7-10)14-16-11-8-4-5-9-12(11)17-14/h4-5,8-10,13H,1-3,6-7,15H2. The number of nitrogens with zero attached hydrogens (tertiary/aromatic N) is 1. The molecule has 1 aliphatic carbocycles. The van der Waals surface area contributed by atoms with E-state index in [1.807, 2.05) is 6.07 Å². The lowest BCUT2D eigenvalue weighted by molar-refractivity contribution is 0.308. The van der Waals surface area contributed by atoms with Crippen molar-refractivity contribution in [2.24, 2.45) is 11.7 Å². The Morgan fingerprint density at radius 3 is 2.71 bits per heavy atom. The van der Waals surface area contributed by atoms with E-state index in [1.54, 1.807) is 11.3 Å². The van der Waals surface area contributed by atoms with Crippen molar-refractivity contribution in [1.29, 1.82) is 0 Å². The van der Waals surface area contributed by atoms with Gasteiger partial charge in [0.05, 0.1) is 16.3 Å². The van der Waals surface area contributed by atoms with Gasteiger partial charge in [0.2, 0.25) is 0 Å². The number of hydrogen-bond donors (Lipinski definition) is 1. The van der Waals surface area contributed by atoms with Crippen LogP contribution in [0.4, 0.5) is 0 Å². The predicted octanol–water partition coefficient (Wildman–Crippen LogP) is 3.88. The third-order valence-corrected chi connectivity index (χ3v) is 4.89. The molecule has 17 heavy (non-hydrogen) atoms. The van der Waals surface area contributed by atoms with E-state index in [4.69, 9.17) is 5.73 Å². The first-order valence-corrected chi connectivity index (χ1v) is 7.27. The summed E-state index contributed by atoms with van der Waals surface area (Å²) < 4.78 is 1.26. The molecular weight excluding hydrogens is 228 g/mol. The second kappa shape index (κ2) is 4.75. The van der Waals surface area contributed by atoms with Gasteiger partial charge in [-0.3, -0.25) is 0 Å². The minimum absolute atomic E-state index is 0.146. The Balaban J connectivity index is 1.86. The number of hydrogen-bond acceptors (Lipinski definition) is 3. The van der Waals surface area contributed by atoms with E-state index in [2.05, 4.69) is 23.2 Å². The van der Waals surface area contributed by atoms with E-state index in [0.717, 1.165) is 10.5 Å². The van der Waals surface area contributed by atoms with Crippen molar-refractivity contribution in [2.75, 3.05) is 0 Å². The molecule has 1 aromatic heterocycles. The normalized spacial score (nSPS) is 19.6. The van der Waals surface area contributed by atoms with E-state index in [-0.39, 0.29) is 6.04 Å². The van der Waals surface area contributed by atoms with Gasteiger partial charge in [0.1, 0.15) is 5.01 Å². The average molecular weight is 246 g/mol. The Morgan fingerprint density at radius 1 is 1.18 bits per heavy atom. The lowest BCUT2D eigenvalue weighted by atomic mass is 9.84. The third kappa shape index (κ3) is 2.22. The molecule has 2 nitrogen and oxygen atoms in total. The summed E-state index contributed by atoms with van der Waals surface area (Å²) in [6.07, 6.45) is 6.60. The fourth-order valence-electron chi connectivity index (χ4n) is 2.73. The van der Waals surface area contributed by atoms with Gasteiger partial charge in [0.25, 0.3) is 0 Å². The number of benzene rings is 1. The first kappa shape index (κ1) is 11.2. The molecule has 0 radical (unpaired) electrons. The summed E-state index contributed by atoms with van der Waals surface area (Å²) in [5.74, 6) is 0.643. The van der Waals surface area contributed by atoms with Gasteiger partial charge in [0, 0.05) is 0 Å². The SMILES string of the molecule is NC(c1nc2ccccc2s1)C1CCCCC1. The summed E-state index contributed by atoms with van der Waals surface area (Å²) >= 11 is 1.76. The number of aromatic nitrogens is 1.